The van der Waals surface area contributed by atoms with Crippen molar-refractivity contribution in [2.24, 2.45) is 11.8 Å². The topological polar surface area (TPSA) is 80.3 Å². The van der Waals surface area contributed by atoms with Crippen LogP contribution in [0.2, 0.25) is 0 Å². The van der Waals surface area contributed by atoms with Gasteiger partial charge in [-0.05, 0) is 37.5 Å². The molecule has 0 aliphatic heterocycles. The van der Waals surface area contributed by atoms with Crippen LogP contribution in [0.3, 0.4) is 0 Å². The van der Waals surface area contributed by atoms with Crippen molar-refractivity contribution in [3.63, 3.8) is 0 Å². The predicted octanol–water partition coefficient (Wildman–Crippen LogP) is 1.90. The second-order valence-corrected chi connectivity index (χ2v) is 5.13. The van der Waals surface area contributed by atoms with E-state index in [1.807, 2.05) is 13.8 Å². The summed E-state index contributed by atoms with van der Waals surface area (Å²) < 4.78 is 0. The summed E-state index contributed by atoms with van der Waals surface area (Å²) in [5.74, 6) is -2.23. The maximum Gasteiger partial charge on any atom is 2.00 e. The molecule has 0 rings (SSSR count). The van der Waals surface area contributed by atoms with Gasteiger partial charge in [-0.25, -0.2) is 0 Å². The maximum atomic E-state index is 10.3. The van der Waals surface area contributed by atoms with Crippen LogP contribution in [0.5, 0.6) is 0 Å². The van der Waals surface area contributed by atoms with Gasteiger partial charge >= 0.3 is 21.1 Å². The summed E-state index contributed by atoms with van der Waals surface area (Å²) >= 11 is 0. The van der Waals surface area contributed by atoms with Gasteiger partial charge < -0.3 is 19.8 Å². The number of rotatable bonds is 10. The first-order valence-electron chi connectivity index (χ1n) is 7.86. The summed E-state index contributed by atoms with van der Waals surface area (Å²) in [5.41, 5.74) is 0. The Kier molecular flexibility index (Phi) is 21.5. The van der Waals surface area contributed by atoms with Crippen molar-refractivity contribution in [1.82, 2.24) is 0 Å². The van der Waals surface area contributed by atoms with Crippen molar-refractivity contribution >= 4 is 11.9 Å². The Hall–Kier alpha value is -0.372. The predicted molar refractivity (Wildman–Crippen MR) is 76.6 cm³/mol. The van der Waals surface area contributed by atoms with Gasteiger partial charge in [0, 0.05) is 11.9 Å². The minimum Gasteiger partial charge on any atom is -0.550 e. The van der Waals surface area contributed by atoms with Crippen LogP contribution in [0.4, 0.5) is 0 Å². The van der Waals surface area contributed by atoms with Crippen molar-refractivity contribution in [3.8, 4) is 0 Å². The molecule has 0 bridgehead atoms. The molecule has 0 saturated carbocycles. The van der Waals surface area contributed by atoms with E-state index in [2.05, 4.69) is 13.8 Å². The van der Waals surface area contributed by atoms with E-state index in [9.17, 15) is 19.8 Å². The number of carboxylic acid groups (broad SMARTS) is 2. The monoisotopic (exact) mass is 481 g/mol. The minimum atomic E-state index is -0.893. The van der Waals surface area contributed by atoms with E-state index < -0.39 is 11.9 Å². The van der Waals surface area contributed by atoms with Crippen molar-refractivity contribution in [1.29, 1.82) is 0 Å². The molecule has 0 radical (unpaired) electrons. The molecule has 21 heavy (non-hydrogen) atoms. The van der Waals surface area contributed by atoms with E-state index >= 15 is 0 Å². The largest absolute Gasteiger partial charge is 2.00 e. The second kappa shape index (κ2) is 17.7. The van der Waals surface area contributed by atoms with E-state index in [-0.39, 0.29) is 32.9 Å². The number of carboxylic acids is 2. The van der Waals surface area contributed by atoms with Crippen molar-refractivity contribution in [2.45, 2.75) is 79.1 Å². The number of hydrogen-bond donors (Lipinski definition) is 0. The normalized spacial score (nSPS) is 12.4. The molecule has 0 aliphatic carbocycles. The zero-order valence-electron chi connectivity index (χ0n) is 13.8. The first-order valence-corrected chi connectivity index (χ1v) is 7.86. The van der Waals surface area contributed by atoms with Crippen LogP contribution in [0, 0.1) is 11.8 Å². The Labute approximate surface area is 144 Å². The Balaban J connectivity index is -0.000000295. The molecule has 0 aromatic carbocycles. The molecule has 2 atom stereocenters. The summed E-state index contributed by atoms with van der Waals surface area (Å²) in [6.45, 7) is 7.89. The van der Waals surface area contributed by atoms with Crippen molar-refractivity contribution < 1.29 is 40.9 Å². The molecule has 128 valence electrons. The second-order valence-electron chi connectivity index (χ2n) is 5.13. The summed E-state index contributed by atoms with van der Waals surface area (Å²) in [7, 11) is 0. The fourth-order valence-electron chi connectivity index (χ4n) is 1.88. The van der Waals surface area contributed by atoms with Gasteiger partial charge in [-0.3, -0.25) is 0 Å². The molecule has 0 fully saturated rings. The standard InChI is InChI=1S/2C8H16O2.Pt/c2*1-3-5-6-7(4-2)8(9)10;/h2*7H,3-6H2,1-2H3,(H,9,10);/q;;+2/p-2. The van der Waals surface area contributed by atoms with E-state index in [0.717, 1.165) is 38.5 Å². The molecule has 0 amide bonds. The Morgan fingerprint density at radius 1 is 0.762 bits per heavy atom. The molecule has 0 aliphatic rings. The molecule has 0 heterocycles. The van der Waals surface area contributed by atoms with Crippen LogP contribution >= 0.6 is 0 Å². The molecule has 0 saturated heterocycles. The van der Waals surface area contributed by atoms with Crippen molar-refractivity contribution in [3.05, 3.63) is 0 Å². The molecular weight excluding hydrogens is 451 g/mol. The Morgan fingerprint density at radius 3 is 1.19 bits per heavy atom. The smallest absolute Gasteiger partial charge is 0.550 e. The summed E-state index contributed by atoms with van der Waals surface area (Å²) in [6, 6.07) is 0. The van der Waals surface area contributed by atoms with Crippen LogP contribution in [-0.2, 0) is 30.7 Å². The molecule has 5 heteroatoms. The molecule has 2 unspecified atom stereocenters. The zero-order valence-corrected chi connectivity index (χ0v) is 16.0. The quantitative estimate of drug-likeness (QED) is 0.478. The van der Waals surface area contributed by atoms with Gasteiger partial charge in [0.2, 0.25) is 0 Å². The molecule has 0 N–H and O–H groups in total. The summed E-state index contributed by atoms with van der Waals surface area (Å²) in [6.07, 6.45) is 7.04. The Morgan fingerprint density at radius 2 is 1.05 bits per heavy atom. The summed E-state index contributed by atoms with van der Waals surface area (Å²) in [4.78, 5) is 20.7. The van der Waals surface area contributed by atoms with Gasteiger partial charge in [-0.2, -0.15) is 0 Å². The minimum absolute atomic E-state index is 0. The molecule has 0 spiro atoms. The van der Waals surface area contributed by atoms with E-state index in [0.29, 0.717) is 12.8 Å². The number of hydrogen-bond acceptors (Lipinski definition) is 4. The average Bonchev–Trinajstić information content (AvgIpc) is 2.40. The third kappa shape index (κ3) is 15.8. The summed E-state index contributed by atoms with van der Waals surface area (Å²) in [5, 5.41) is 20.7. The van der Waals surface area contributed by atoms with Gasteiger partial charge in [0.25, 0.3) is 0 Å². The van der Waals surface area contributed by atoms with E-state index in [1.165, 1.54) is 0 Å². The van der Waals surface area contributed by atoms with Crippen LogP contribution in [0.15, 0.2) is 0 Å². The van der Waals surface area contributed by atoms with Gasteiger partial charge in [-0.1, -0.05) is 53.4 Å². The van der Waals surface area contributed by atoms with E-state index in [4.69, 9.17) is 0 Å². The number of carbonyl (C=O) groups excluding carboxylic acids is 2. The van der Waals surface area contributed by atoms with Gasteiger partial charge in [0.1, 0.15) is 0 Å². The number of aliphatic carboxylic acids is 2. The molecular formula is C16H30O4Pt. The van der Waals surface area contributed by atoms with Crippen molar-refractivity contribution in [2.75, 3.05) is 0 Å². The first-order chi connectivity index (χ1) is 9.44. The van der Waals surface area contributed by atoms with Gasteiger partial charge in [0.05, 0.1) is 0 Å². The van der Waals surface area contributed by atoms with Crippen LogP contribution in [0.1, 0.15) is 79.1 Å². The first kappa shape index (κ1) is 25.6. The fourth-order valence-corrected chi connectivity index (χ4v) is 1.88. The molecule has 0 aromatic rings. The third-order valence-corrected chi connectivity index (χ3v) is 3.46. The van der Waals surface area contributed by atoms with Gasteiger partial charge in [-0.15, -0.1) is 0 Å². The third-order valence-electron chi connectivity index (χ3n) is 3.46. The fraction of sp³-hybridized carbons (Fsp3) is 0.875. The SMILES string of the molecule is CCCCC(CC)C(=O)[O-].CCCCC(CC)C(=O)[O-].[Pt+2]. The Bertz CT molecular complexity index is 231. The molecule has 4 nitrogen and oxygen atoms in total. The van der Waals surface area contributed by atoms with Crippen LogP contribution < -0.4 is 10.2 Å². The number of carbonyl (C=O) groups is 2. The number of unbranched alkanes of at least 4 members (excludes halogenated alkanes) is 2. The van der Waals surface area contributed by atoms with Crippen LogP contribution in [0.25, 0.3) is 0 Å². The average molecular weight is 481 g/mol. The molecule has 0 aromatic heterocycles. The van der Waals surface area contributed by atoms with Gasteiger partial charge in [0.15, 0.2) is 0 Å². The zero-order chi connectivity index (χ0) is 16.0. The van der Waals surface area contributed by atoms with E-state index in [1.54, 1.807) is 0 Å². The maximum absolute atomic E-state index is 10.3. The van der Waals surface area contributed by atoms with Crippen LogP contribution in [-0.4, -0.2) is 11.9 Å².